The number of benzene rings is 1. The lowest BCUT2D eigenvalue weighted by Crippen LogP contribution is -2.16. The zero-order chi connectivity index (χ0) is 8.81. The van der Waals surface area contributed by atoms with Crippen LogP contribution < -0.4 is 5.32 Å². The second-order valence-corrected chi connectivity index (χ2v) is 2.79. The van der Waals surface area contributed by atoms with Crippen LogP contribution in [-0.4, -0.2) is 13.8 Å². The molecule has 0 atom stereocenters. The van der Waals surface area contributed by atoms with E-state index in [1.165, 1.54) is 11.1 Å². The van der Waals surface area contributed by atoms with Crippen molar-refractivity contribution in [1.29, 1.82) is 0 Å². The van der Waals surface area contributed by atoms with Gasteiger partial charge in [0.2, 0.25) is 0 Å². The maximum Gasteiger partial charge on any atom is 0.0964 e. The molecule has 0 fully saturated rings. The van der Waals surface area contributed by atoms with E-state index in [-0.39, 0.29) is 0 Å². The van der Waals surface area contributed by atoms with Gasteiger partial charge >= 0.3 is 0 Å². The van der Waals surface area contributed by atoms with Gasteiger partial charge in [-0.05, 0) is 18.1 Å². The lowest BCUT2D eigenvalue weighted by molar-refractivity contribution is 0.174. The normalized spacial score (nSPS) is 10.2. The molecule has 1 N–H and O–H groups in total. The van der Waals surface area contributed by atoms with Crippen molar-refractivity contribution in [2.45, 2.75) is 13.5 Å². The van der Waals surface area contributed by atoms with Crippen molar-refractivity contribution < 1.29 is 4.74 Å². The van der Waals surface area contributed by atoms with E-state index in [2.05, 4.69) is 36.5 Å². The van der Waals surface area contributed by atoms with Crippen LogP contribution in [-0.2, 0) is 11.3 Å². The number of ether oxygens (including phenoxy) is 1. The van der Waals surface area contributed by atoms with Crippen LogP contribution in [0, 0.1) is 6.92 Å². The summed E-state index contributed by atoms with van der Waals surface area (Å²) in [5.74, 6) is 0. The average molecular weight is 165 g/mol. The van der Waals surface area contributed by atoms with Crippen LogP contribution in [0.1, 0.15) is 11.1 Å². The Kier molecular flexibility index (Phi) is 3.77. The maximum atomic E-state index is 4.89. The van der Waals surface area contributed by atoms with Crippen LogP contribution in [0.3, 0.4) is 0 Å². The van der Waals surface area contributed by atoms with E-state index < -0.39 is 0 Å². The van der Waals surface area contributed by atoms with E-state index in [9.17, 15) is 0 Å². The van der Waals surface area contributed by atoms with Crippen molar-refractivity contribution in [2.75, 3.05) is 13.8 Å². The summed E-state index contributed by atoms with van der Waals surface area (Å²) >= 11 is 0. The van der Waals surface area contributed by atoms with Gasteiger partial charge in [-0.15, -0.1) is 0 Å². The van der Waals surface area contributed by atoms with Gasteiger partial charge in [-0.2, -0.15) is 0 Å². The molecule has 1 rings (SSSR count). The molecule has 0 spiro atoms. The lowest BCUT2D eigenvalue weighted by Gasteiger charge is -2.05. The molecule has 2 nitrogen and oxygen atoms in total. The summed E-state index contributed by atoms with van der Waals surface area (Å²) < 4.78 is 4.89. The van der Waals surface area contributed by atoms with E-state index in [1.54, 1.807) is 7.11 Å². The van der Waals surface area contributed by atoms with Gasteiger partial charge < -0.3 is 4.74 Å². The molecular formula is C10H15NO. The molecule has 1 aromatic carbocycles. The fraction of sp³-hybridized carbons (Fsp3) is 0.400. The van der Waals surface area contributed by atoms with E-state index >= 15 is 0 Å². The minimum atomic E-state index is 0.605. The Hall–Kier alpha value is -0.860. The Balaban J connectivity index is 2.46. The van der Waals surface area contributed by atoms with Gasteiger partial charge in [0, 0.05) is 13.7 Å². The fourth-order valence-electron chi connectivity index (χ4n) is 1.10. The Morgan fingerprint density at radius 2 is 2.08 bits per heavy atom. The third kappa shape index (κ3) is 2.64. The second kappa shape index (κ2) is 4.91. The van der Waals surface area contributed by atoms with E-state index in [4.69, 9.17) is 4.74 Å². The molecule has 0 aliphatic carbocycles. The zero-order valence-corrected chi connectivity index (χ0v) is 7.63. The number of rotatable bonds is 4. The average Bonchev–Trinajstić information content (AvgIpc) is 2.09. The molecule has 2 heteroatoms. The van der Waals surface area contributed by atoms with E-state index in [1.807, 2.05) is 0 Å². The third-order valence-electron chi connectivity index (χ3n) is 1.82. The zero-order valence-electron chi connectivity index (χ0n) is 7.63. The summed E-state index contributed by atoms with van der Waals surface area (Å²) in [7, 11) is 1.69. The van der Waals surface area contributed by atoms with Crippen LogP contribution in [0.15, 0.2) is 24.3 Å². The molecule has 66 valence electrons. The molecule has 0 heterocycles. The van der Waals surface area contributed by atoms with Gasteiger partial charge in [-0.3, -0.25) is 5.32 Å². The van der Waals surface area contributed by atoms with Crippen molar-refractivity contribution in [3.05, 3.63) is 35.4 Å². The molecule has 0 radical (unpaired) electrons. The van der Waals surface area contributed by atoms with Crippen molar-refractivity contribution in [3.63, 3.8) is 0 Å². The molecule has 0 aromatic heterocycles. The summed E-state index contributed by atoms with van der Waals surface area (Å²) in [6.07, 6.45) is 0. The summed E-state index contributed by atoms with van der Waals surface area (Å²) in [6, 6.07) is 8.34. The van der Waals surface area contributed by atoms with Crippen LogP contribution in [0.25, 0.3) is 0 Å². The number of nitrogens with one attached hydrogen (secondary N) is 1. The second-order valence-electron chi connectivity index (χ2n) is 2.79. The number of methoxy groups -OCH3 is 1. The van der Waals surface area contributed by atoms with Crippen molar-refractivity contribution >= 4 is 0 Å². The highest BCUT2D eigenvalue weighted by atomic mass is 16.5. The molecule has 0 aliphatic heterocycles. The van der Waals surface area contributed by atoms with Gasteiger partial charge in [-0.1, -0.05) is 24.3 Å². The van der Waals surface area contributed by atoms with Crippen LogP contribution >= 0.6 is 0 Å². The molecule has 0 amide bonds. The quantitative estimate of drug-likeness (QED) is 0.541. The first-order chi connectivity index (χ1) is 5.84. The molecule has 12 heavy (non-hydrogen) atoms. The lowest BCUT2D eigenvalue weighted by atomic mass is 10.1. The first-order valence-electron chi connectivity index (χ1n) is 4.08. The molecule has 0 aliphatic rings. The predicted octanol–water partition coefficient (Wildman–Crippen LogP) is 1.69. The van der Waals surface area contributed by atoms with Crippen molar-refractivity contribution in [2.24, 2.45) is 0 Å². The SMILES string of the molecule is COCNCc1ccccc1C. The standard InChI is InChI=1S/C10H15NO/c1-9-5-3-4-6-10(9)7-11-8-12-2/h3-6,11H,7-8H2,1-2H3. The van der Waals surface area contributed by atoms with Crippen LogP contribution in [0.4, 0.5) is 0 Å². The van der Waals surface area contributed by atoms with Gasteiger partial charge in [0.1, 0.15) is 0 Å². The first-order valence-corrected chi connectivity index (χ1v) is 4.08. The Labute approximate surface area is 73.6 Å². The highest BCUT2D eigenvalue weighted by Crippen LogP contribution is 2.05. The Morgan fingerprint density at radius 1 is 1.33 bits per heavy atom. The Morgan fingerprint density at radius 3 is 2.75 bits per heavy atom. The van der Waals surface area contributed by atoms with Gasteiger partial charge in [0.15, 0.2) is 0 Å². The monoisotopic (exact) mass is 165 g/mol. The molecule has 0 saturated heterocycles. The van der Waals surface area contributed by atoms with Gasteiger partial charge in [0.05, 0.1) is 6.73 Å². The molecular weight excluding hydrogens is 150 g/mol. The molecule has 0 unspecified atom stereocenters. The van der Waals surface area contributed by atoms with Crippen molar-refractivity contribution in [1.82, 2.24) is 5.32 Å². The first kappa shape index (κ1) is 9.23. The number of aryl methyl sites for hydroxylation is 1. The summed E-state index contributed by atoms with van der Waals surface area (Å²) in [5, 5.41) is 3.17. The smallest absolute Gasteiger partial charge is 0.0964 e. The minimum absolute atomic E-state index is 0.605. The minimum Gasteiger partial charge on any atom is -0.370 e. The van der Waals surface area contributed by atoms with Gasteiger partial charge in [-0.25, -0.2) is 0 Å². The van der Waals surface area contributed by atoms with Crippen molar-refractivity contribution in [3.8, 4) is 0 Å². The topological polar surface area (TPSA) is 21.3 Å². The summed E-state index contributed by atoms with van der Waals surface area (Å²) in [4.78, 5) is 0. The summed E-state index contributed by atoms with van der Waals surface area (Å²) in [5.41, 5.74) is 2.65. The summed E-state index contributed by atoms with van der Waals surface area (Å²) in [6.45, 7) is 3.60. The molecule has 0 saturated carbocycles. The largest absolute Gasteiger partial charge is 0.370 e. The van der Waals surface area contributed by atoms with Crippen LogP contribution in [0.2, 0.25) is 0 Å². The Bertz CT molecular complexity index is 235. The van der Waals surface area contributed by atoms with E-state index in [0.29, 0.717) is 6.73 Å². The molecule has 1 aromatic rings. The predicted molar refractivity (Wildman–Crippen MR) is 49.9 cm³/mol. The van der Waals surface area contributed by atoms with Crippen LogP contribution in [0.5, 0.6) is 0 Å². The van der Waals surface area contributed by atoms with Gasteiger partial charge in [0.25, 0.3) is 0 Å². The number of hydrogen-bond donors (Lipinski definition) is 1. The highest BCUT2D eigenvalue weighted by Gasteiger charge is 1.94. The third-order valence-corrected chi connectivity index (χ3v) is 1.82. The maximum absolute atomic E-state index is 4.89. The fourth-order valence-corrected chi connectivity index (χ4v) is 1.10. The van der Waals surface area contributed by atoms with E-state index in [0.717, 1.165) is 6.54 Å². The highest BCUT2D eigenvalue weighted by molar-refractivity contribution is 5.25. The number of hydrogen-bond acceptors (Lipinski definition) is 2. The molecule has 0 bridgehead atoms.